The van der Waals surface area contributed by atoms with E-state index in [1.807, 2.05) is 0 Å². The maximum absolute atomic E-state index is 13.0. The minimum Gasteiger partial charge on any atom is -0.425 e. The zero-order chi connectivity index (χ0) is 17.4. The molecule has 0 spiro atoms. The summed E-state index contributed by atoms with van der Waals surface area (Å²) in [5.41, 5.74) is 0.592. The highest BCUT2D eigenvalue weighted by Gasteiger charge is 2.33. The molecule has 25 heavy (non-hydrogen) atoms. The van der Waals surface area contributed by atoms with Gasteiger partial charge in [0.1, 0.15) is 5.82 Å². The maximum atomic E-state index is 13.0. The van der Waals surface area contributed by atoms with Crippen molar-refractivity contribution in [1.29, 1.82) is 0 Å². The fourth-order valence-corrected chi connectivity index (χ4v) is 4.73. The molecule has 6 nitrogen and oxygen atoms in total. The third-order valence-electron chi connectivity index (χ3n) is 4.84. The second-order valence-electron chi connectivity index (χ2n) is 6.81. The van der Waals surface area contributed by atoms with Gasteiger partial charge in [0, 0.05) is 24.9 Å². The lowest BCUT2D eigenvalue weighted by Gasteiger charge is -2.29. The smallest absolute Gasteiger partial charge is 0.219 e. The fraction of sp³-hybridized carbons (Fsp3) is 0.529. The van der Waals surface area contributed by atoms with Gasteiger partial charge in [-0.1, -0.05) is 12.1 Å². The van der Waals surface area contributed by atoms with Crippen molar-refractivity contribution in [1.82, 2.24) is 14.5 Å². The van der Waals surface area contributed by atoms with E-state index in [1.54, 1.807) is 0 Å². The monoisotopic (exact) mass is 365 g/mol. The number of hydrogen-bond acceptors (Lipinski definition) is 5. The van der Waals surface area contributed by atoms with Gasteiger partial charge < -0.3 is 4.42 Å². The molecular weight excluding hydrogens is 345 g/mol. The molecule has 1 aromatic carbocycles. The van der Waals surface area contributed by atoms with Gasteiger partial charge in [0.05, 0.1) is 5.75 Å². The summed E-state index contributed by atoms with van der Waals surface area (Å²) in [5.74, 6) is 1.44. The first-order chi connectivity index (χ1) is 12.0. The van der Waals surface area contributed by atoms with E-state index in [-0.39, 0.29) is 17.5 Å². The Morgan fingerprint density at radius 3 is 2.12 bits per heavy atom. The summed E-state index contributed by atoms with van der Waals surface area (Å²) in [6, 6.07) is 5.59. The first kappa shape index (κ1) is 16.7. The van der Waals surface area contributed by atoms with Gasteiger partial charge in [0.25, 0.3) is 0 Å². The third kappa shape index (κ3) is 3.74. The van der Waals surface area contributed by atoms with Crippen LogP contribution in [0.5, 0.6) is 0 Å². The van der Waals surface area contributed by atoms with Crippen LogP contribution < -0.4 is 0 Å². The van der Waals surface area contributed by atoms with E-state index in [0.29, 0.717) is 43.3 Å². The van der Waals surface area contributed by atoms with Gasteiger partial charge in [-0.3, -0.25) is 0 Å². The van der Waals surface area contributed by atoms with Gasteiger partial charge in [-0.2, -0.15) is 0 Å². The molecule has 8 heteroatoms. The van der Waals surface area contributed by atoms with E-state index < -0.39 is 10.0 Å². The molecule has 0 bridgehead atoms. The van der Waals surface area contributed by atoms with Crippen molar-refractivity contribution < 1.29 is 17.2 Å². The summed E-state index contributed by atoms with van der Waals surface area (Å²) in [6.07, 6.45) is 3.58. The molecule has 1 aliphatic carbocycles. The minimum absolute atomic E-state index is 0.107. The predicted octanol–water partition coefficient (Wildman–Crippen LogP) is 2.80. The van der Waals surface area contributed by atoms with Gasteiger partial charge >= 0.3 is 0 Å². The molecule has 1 saturated carbocycles. The van der Waals surface area contributed by atoms with E-state index in [2.05, 4.69) is 10.2 Å². The predicted molar refractivity (Wildman–Crippen MR) is 88.8 cm³/mol. The van der Waals surface area contributed by atoms with Crippen molar-refractivity contribution in [2.24, 2.45) is 0 Å². The number of benzene rings is 1. The SMILES string of the molecule is O=S(=O)(Cc1ccc(F)cc1)N1CCC(c2nnc(C3CC3)o2)CC1. The number of nitrogens with zero attached hydrogens (tertiary/aromatic N) is 3. The normalized spacial score (nSPS) is 20.0. The number of rotatable bonds is 5. The van der Waals surface area contributed by atoms with Crippen LogP contribution >= 0.6 is 0 Å². The number of halogens is 1. The Morgan fingerprint density at radius 2 is 1.56 bits per heavy atom. The van der Waals surface area contributed by atoms with Crippen molar-refractivity contribution in [2.45, 2.75) is 43.3 Å². The second kappa shape index (κ2) is 6.49. The molecule has 0 radical (unpaired) electrons. The average Bonchev–Trinajstić information content (AvgIpc) is 3.34. The topological polar surface area (TPSA) is 76.3 Å². The van der Waals surface area contributed by atoms with Crippen molar-refractivity contribution in [3.63, 3.8) is 0 Å². The Labute approximate surface area is 146 Å². The summed E-state index contributed by atoms with van der Waals surface area (Å²) in [5, 5.41) is 8.25. The van der Waals surface area contributed by atoms with Crippen molar-refractivity contribution in [3.05, 3.63) is 47.4 Å². The van der Waals surface area contributed by atoms with Gasteiger partial charge in [-0.05, 0) is 43.4 Å². The van der Waals surface area contributed by atoms with Crippen LogP contribution in [0.4, 0.5) is 4.39 Å². The summed E-state index contributed by atoms with van der Waals surface area (Å²) in [6.45, 7) is 0.880. The van der Waals surface area contributed by atoms with Crippen LogP contribution in [0.2, 0.25) is 0 Å². The Kier molecular flexibility index (Phi) is 4.33. The Bertz CT molecular complexity index is 838. The van der Waals surface area contributed by atoms with Crippen LogP contribution in [0.15, 0.2) is 28.7 Å². The molecule has 2 fully saturated rings. The number of hydrogen-bond donors (Lipinski definition) is 0. The Hall–Kier alpha value is -1.80. The fourth-order valence-electron chi connectivity index (χ4n) is 3.17. The highest BCUT2D eigenvalue weighted by molar-refractivity contribution is 7.88. The average molecular weight is 365 g/mol. The molecule has 1 aliphatic heterocycles. The summed E-state index contributed by atoms with van der Waals surface area (Å²) >= 11 is 0. The van der Waals surface area contributed by atoms with Gasteiger partial charge in [-0.15, -0.1) is 10.2 Å². The first-order valence-corrected chi connectivity index (χ1v) is 10.2. The quantitative estimate of drug-likeness (QED) is 0.814. The molecule has 2 aromatic rings. The Morgan fingerprint density at radius 1 is 1.00 bits per heavy atom. The number of aromatic nitrogens is 2. The Balaban J connectivity index is 1.37. The molecule has 4 rings (SSSR count). The molecule has 1 aromatic heterocycles. The van der Waals surface area contributed by atoms with Crippen molar-refractivity contribution >= 4 is 10.0 Å². The van der Waals surface area contributed by atoms with Gasteiger partial charge in [-0.25, -0.2) is 17.1 Å². The van der Waals surface area contributed by atoms with Crippen LogP contribution in [0, 0.1) is 5.82 Å². The summed E-state index contributed by atoms with van der Waals surface area (Å²) < 4.78 is 45.3. The molecule has 0 atom stereocenters. The highest BCUT2D eigenvalue weighted by atomic mass is 32.2. The van der Waals surface area contributed by atoms with E-state index >= 15 is 0 Å². The van der Waals surface area contributed by atoms with Gasteiger partial charge in [0.15, 0.2) is 0 Å². The largest absolute Gasteiger partial charge is 0.425 e. The lowest BCUT2D eigenvalue weighted by molar-refractivity contribution is 0.286. The standard InChI is InChI=1S/C17H20FN3O3S/c18-15-5-1-12(2-6-15)11-25(22,23)21-9-7-14(8-10-21)17-20-19-16(24-17)13-3-4-13/h1-2,5-6,13-14H,3-4,7-11H2. The van der Waals surface area contributed by atoms with Crippen molar-refractivity contribution in [3.8, 4) is 0 Å². The summed E-state index contributed by atoms with van der Waals surface area (Å²) in [4.78, 5) is 0. The van der Waals surface area contributed by atoms with Crippen LogP contribution in [-0.2, 0) is 15.8 Å². The van der Waals surface area contributed by atoms with Gasteiger partial charge in [0.2, 0.25) is 21.8 Å². The second-order valence-corrected chi connectivity index (χ2v) is 8.78. The van der Waals surface area contributed by atoms with Crippen LogP contribution in [0.1, 0.15) is 54.9 Å². The van der Waals surface area contributed by atoms with E-state index in [1.165, 1.54) is 28.6 Å². The molecule has 0 unspecified atom stereocenters. The molecule has 134 valence electrons. The lowest BCUT2D eigenvalue weighted by atomic mass is 9.98. The minimum atomic E-state index is -3.41. The van der Waals surface area contributed by atoms with Crippen LogP contribution in [-0.4, -0.2) is 36.0 Å². The van der Waals surface area contributed by atoms with Crippen LogP contribution in [0.3, 0.4) is 0 Å². The maximum Gasteiger partial charge on any atom is 0.219 e. The lowest BCUT2D eigenvalue weighted by Crippen LogP contribution is -2.38. The molecule has 1 saturated heterocycles. The molecule has 2 aliphatic rings. The number of sulfonamides is 1. The molecule has 0 amide bonds. The molecular formula is C17H20FN3O3S. The molecule has 0 N–H and O–H groups in total. The zero-order valence-electron chi connectivity index (χ0n) is 13.8. The highest BCUT2D eigenvalue weighted by Crippen LogP contribution is 2.40. The van der Waals surface area contributed by atoms with E-state index in [9.17, 15) is 12.8 Å². The first-order valence-electron chi connectivity index (χ1n) is 8.57. The number of piperidine rings is 1. The van der Waals surface area contributed by atoms with Crippen molar-refractivity contribution in [2.75, 3.05) is 13.1 Å². The third-order valence-corrected chi connectivity index (χ3v) is 6.69. The van der Waals surface area contributed by atoms with E-state index in [0.717, 1.165) is 18.7 Å². The van der Waals surface area contributed by atoms with Crippen LogP contribution in [0.25, 0.3) is 0 Å². The van der Waals surface area contributed by atoms with E-state index in [4.69, 9.17) is 4.42 Å². The molecule has 2 heterocycles. The zero-order valence-corrected chi connectivity index (χ0v) is 14.6. The summed E-state index contributed by atoms with van der Waals surface area (Å²) in [7, 11) is -3.41.